The van der Waals surface area contributed by atoms with Gasteiger partial charge in [0.25, 0.3) is 0 Å². The monoisotopic (exact) mass is 347 g/mol. The van der Waals surface area contributed by atoms with Gasteiger partial charge in [0, 0.05) is 11.0 Å². The molecule has 1 saturated carbocycles. The Balaban J connectivity index is 1.84. The molecule has 0 saturated heterocycles. The summed E-state index contributed by atoms with van der Waals surface area (Å²) < 4.78 is 5.95. The van der Waals surface area contributed by atoms with Crippen molar-refractivity contribution in [1.29, 1.82) is 0 Å². The molecule has 3 rings (SSSR count). The minimum absolute atomic E-state index is 0.106. The SMILES string of the molecule is CCC(C)(C)O[B]c1ccc(C2(c3ccc(C)cc3)CCCCC2)cc1. The standard InChI is InChI=1S/C24H32BO/c1-5-23(3,4)26-25-22-15-13-21(14-16-22)24(17-7-6-8-18-24)20-11-9-19(2)10-12-20/h9-16H,5-8,17-18H2,1-4H3. The topological polar surface area (TPSA) is 9.23 Å². The van der Waals surface area contributed by atoms with Crippen LogP contribution in [0.25, 0.3) is 0 Å². The Labute approximate surface area is 160 Å². The number of aryl methyl sites for hydroxylation is 1. The summed E-state index contributed by atoms with van der Waals surface area (Å²) in [7, 11) is 1.91. The van der Waals surface area contributed by atoms with Gasteiger partial charge in [-0.3, -0.25) is 0 Å². The molecule has 0 atom stereocenters. The molecule has 0 spiro atoms. The fourth-order valence-electron chi connectivity index (χ4n) is 3.96. The van der Waals surface area contributed by atoms with Gasteiger partial charge in [0.05, 0.1) is 0 Å². The van der Waals surface area contributed by atoms with Crippen molar-refractivity contribution >= 4 is 12.9 Å². The Hall–Kier alpha value is -1.54. The average molecular weight is 347 g/mol. The zero-order valence-corrected chi connectivity index (χ0v) is 16.8. The molecule has 0 heterocycles. The van der Waals surface area contributed by atoms with Gasteiger partial charge >= 0.3 is 7.48 Å². The molecule has 1 nitrogen and oxygen atoms in total. The highest BCUT2D eigenvalue weighted by Crippen LogP contribution is 2.44. The van der Waals surface area contributed by atoms with E-state index < -0.39 is 0 Å². The number of benzene rings is 2. The van der Waals surface area contributed by atoms with Gasteiger partial charge in [-0.1, -0.05) is 85.7 Å². The van der Waals surface area contributed by atoms with Crippen LogP contribution < -0.4 is 5.46 Å². The van der Waals surface area contributed by atoms with Gasteiger partial charge < -0.3 is 4.65 Å². The second-order valence-electron chi connectivity index (χ2n) is 8.48. The highest BCUT2D eigenvalue weighted by atomic mass is 16.5. The lowest BCUT2D eigenvalue weighted by molar-refractivity contribution is 0.114. The van der Waals surface area contributed by atoms with Crippen LogP contribution in [0.15, 0.2) is 48.5 Å². The van der Waals surface area contributed by atoms with Crippen molar-refractivity contribution in [2.75, 3.05) is 0 Å². The van der Waals surface area contributed by atoms with Crippen LogP contribution in [-0.2, 0) is 10.1 Å². The predicted molar refractivity (Wildman–Crippen MR) is 112 cm³/mol. The van der Waals surface area contributed by atoms with Crippen LogP contribution in [0.1, 0.15) is 76.0 Å². The molecule has 0 amide bonds. The van der Waals surface area contributed by atoms with Gasteiger partial charge in [-0.05, 0) is 51.2 Å². The maximum atomic E-state index is 5.95. The first-order valence-electron chi connectivity index (χ1n) is 10.1. The minimum Gasteiger partial charge on any atom is -0.430 e. The minimum atomic E-state index is -0.106. The van der Waals surface area contributed by atoms with Gasteiger partial charge in [0.1, 0.15) is 0 Å². The summed E-state index contributed by atoms with van der Waals surface area (Å²) >= 11 is 0. The van der Waals surface area contributed by atoms with Crippen LogP contribution in [0.4, 0.5) is 0 Å². The lowest BCUT2D eigenvalue weighted by Gasteiger charge is -2.39. The van der Waals surface area contributed by atoms with E-state index in [0.717, 1.165) is 11.9 Å². The molecule has 2 heteroatoms. The summed E-state index contributed by atoms with van der Waals surface area (Å²) in [6.07, 6.45) is 7.49. The fourth-order valence-corrected chi connectivity index (χ4v) is 3.96. The van der Waals surface area contributed by atoms with Gasteiger partial charge in [-0.2, -0.15) is 0 Å². The largest absolute Gasteiger partial charge is 0.430 e. The van der Waals surface area contributed by atoms with Gasteiger partial charge in [-0.25, -0.2) is 0 Å². The highest BCUT2D eigenvalue weighted by Gasteiger charge is 2.35. The van der Waals surface area contributed by atoms with Crippen LogP contribution in [0.2, 0.25) is 0 Å². The summed E-state index contributed by atoms with van der Waals surface area (Å²) in [5, 5.41) is 0. The Morgan fingerprint density at radius 3 is 1.96 bits per heavy atom. The zero-order valence-electron chi connectivity index (χ0n) is 16.8. The second-order valence-corrected chi connectivity index (χ2v) is 8.48. The Bertz CT molecular complexity index is 694. The normalized spacial score (nSPS) is 17.1. The van der Waals surface area contributed by atoms with Crippen molar-refractivity contribution in [2.45, 2.75) is 77.2 Å². The Kier molecular flexibility index (Phi) is 5.92. The van der Waals surface area contributed by atoms with Gasteiger partial charge in [-0.15, -0.1) is 0 Å². The maximum Gasteiger partial charge on any atom is 0.330 e. The molecule has 0 unspecified atom stereocenters. The van der Waals surface area contributed by atoms with Gasteiger partial charge in [0.2, 0.25) is 0 Å². The molecule has 26 heavy (non-hydrogen) atoms. The maximum absolute atomic E-state index is 5.95. The Morgan fingerprint density at radius 1 is 0.885 bits per heavy atom. The summed E-state index contributed by atoms with van der Waals surface area (Å²) in [5.41, 5.74) is 5.47. The molecule has 0 aromatic heterocycles. The predicted octanol–water partition coefficient (Wildman–Crippen LogP) is 5.69. The molecule has 1 radical (unpaired) electrons. The zero-order chi connectivity index (χ0) is 18.6. The number of hydrogen-bond acceptors (Lipinski definition) is 1. The first-order valence-corrected chi connectivity index (χ1v) is 10.1. The molecule has 1 aliphatic rings. The van der Waals surface area contributed by atoms with Crippen molar-refractivity contribution in [2.24, 2.45) is 0 Å². The summed E-state index contributed by atoms with van der Waals surface area (Å²) in [4.78, 5) is 0. The van der Waals surface area contributed by atoms with Crippen LogP contribution in [0.5, 0.6) is 0 Å². The summed E-state index contributed by atoms with van der Waals surface area (Å²) in [6, 6.07) is 18.3. The smallest absolute Gasteiger partial charge is 0.330 e. The van der Waals surface area contributed by atoms with E-state index in [2.05, 4.69) is 76.2 Å². The molecule has 1 fully saturated rings. The van der Waals surface area contributed by atoms with Crippen LogP contribution in [0.3, 0.4) is 0 Å². The molecule has 0 N–H and O–H groups in total. The summed E-state index contributed by atoms with van der Waals surface area (Å²) in [5.74, 6) is 0. The van der Waals surface area contributed by atoms with E-state index in [1.165, 1.54) is 48.8 Å². The highest BCUT2D eigenvalue weighted by molar-refractivity contribution is 6.47. The average Bonchev–Trinajstić information content (AvgIpc) is 2.68. The molecular weight excluding hydrogens is 315 g/mol. The molecule has 1 aliphatic carbocycles. The van der Waals surface area contributed by atoms with E-state index in [1.54, 1.807) is 0 Å². The quantitative estimate of drug-likeness (QED) is 0.610. The third kappa shape index (κ3) is 4.23. The fraction of sp³-hybridized carbons (Fsp3) is 0.500. The van der Waals surface area contributed by atoms with E-state index in [4.69, 9.17) is 4.65 Å². The number of rotatable bonds is 6. The van der Waals surface area contributed by atoms with Crippen molar-refractivity contribution in [3.8, 4) is 0 Å². The summed E-state index contributed by atoms with van der Waals surface area (Å²) in [6.45, 7) is 8.59. The van der Waals surface area contributed by atoms with Crippen molar-refractivity contribution < 1.29 is 4.65 Å². The Morgan fingerprint density at radius 2 is 1.42 bits per heavy atom. The van der Waals surface area contributed by atoms with Crippen molar-refractivity contribution in [3.63, 3.8) is 0 Å². The van der Waals surface area contributed by atoms with Gasteiger partial charge in [0.15, 0.2) is 0 Å². The lowest BCUT2D eigenvalue weighted by Crippen LogP contribution is -2.32. The molecule has 137 valence electrons. The molecular formula is C24H32BO. The second kappa shape index (κ2) is 8.00. The van der Waals surface area contributed by atoms with E-state index in [9.17, 15) is 0 Å². The van der Waals surface area contributed by atoms with E-state index in [1.807, 2.05) is 7.48 Å². The molecule has 2 aromatic carbocycles. The first-order chi connectivity index (χ1) is 12.5. The van der Waals surface area contributed by atoms with E-state index in [-0.39, 0.29) is 11.0 Å². The van der Waals surface area contributed by atoms with Crippen LogP contribution >= 0.6 is 0 Å². The molecule has 2 aromatic rings. The van der Waals surface area contributed by atoms with Crippen LogP contribution in [0, 0.1) is 6.92 Å². The third-order valence-corrected chi connectivity index (χ3v) is 6.14. The van der Waals surface area contributed by atoms with Crippen molar-refractivity contribution in [1.82, 2.24) is 0 Å². The first kappa shape index (κ1) is 19.2. The molecule has 0 bridgehead atoms. The third-order valence-electron chi connectivity index (χ3n) is 6.14. The van der Waals surface area contributed by atoms with Crippen molar-refractivity contribution in [3.05, 3.63) is 65.2 Å². The van der Waals surface area contributed by atoms with Crippen LogP contribution in [-0.4, -0.2) is 13.1 Å². The van der Waals surface area contributed by atoms with E-state index >= 15 is 0 Å². The molecule has 0 aliphatic heterocycles. The number of hydrogen-bond donors (Lipinski definition) is 0. The van der Waals surface area contributed by atoms with E-state index in [0.29, 0.717) is 0 Å². The lowest BCUT2D eigenvalue weighted by atomic mass is 9.65.